The first-order valence-electron chi connectivity index (χ1n) is 3.60. The predicted octanol–water partition coefficient (Wildman–Crippen LogP) is 1.01. The molecule has 1 saturated heterocycles. The van der Waals surface area contributed by atoms with Crippen LogP contribution in [0.25, 0.3) is 0 Å². The second-order valence-corrected chi connectivity index (χ2v) is 2.23. The third-order valence-corrected chi connectivity index (χ3v) is 1.09. The quantitative estimate of drug-likeness (QED) is 0.419. The first-order chi connectivity index (χ1) is 5.20. The number of hydrogen-bond acceptors (Lipinski definition) is 2. The average Bonchev–Trinajstić information content (AvgIpc) is 1.88. The molecule has 0 saturated carbocycles. The van der Waals surface area contributed by atoms with Crippen LogP contribution in [0.3, 0.4) is 0 Å². The number of nitrogens with one attached hydrogen (secondary N) is 1. The fourth-order valence-electron chi connectivity index (χ4n) is 0.690. The minimum absolute atomic E-state index is 0.138. The van der Waals surface area contributed by atoms with Crippen molar-refractivity contribution >= 4 is 11.8 Å². The molecule has 0 unspecified atom stereocenters. The molecule has 0 aliphatic carbocycles. The monoisotopic (exact) mass is 155 g/mol. The van der Waals surface area contributed by atoms with Crippen LogP contribution >= 0.6 is 0 Å². The second-order valence-electron chi connectivity index (χ2n) is 2.23. The number of carbonyl (C=O) groups excluding carboxylic acids is 2. The molecule has 1 rings (SSSR count). The highest BCUT2D eigenvalue weighted by Gasteiger charge is 2.12. The standard InChI is InChI=1S/C5H7NO2.C3H6/c7-4-2-1-3-5(8)6-4;1-3-2/h1-3H2,(H,6,7,8);3H,1H2,2H3. The minimum atomic E-state index is -0.138. The Kier molecular flexibility index (Phi) is 5.07. The van der Waals surface area contributed by atoms with Crippen molar-refractivity contribution in [2.45, 2.75) is 26.2 Å². The number of piperidine rings is 1. The molecule has 3 heteroatoms. The van der Waals surface area contributed by atoms with E-state index < -0.39 is 0 Å². The Labute approximate surface area is 66.5 Å². The molecule has 1 heterocycles. The summed E-state index contributed by atoms with van der Waals surface area (Å²) in [6, 6.07) is 0. The molecule has 11 heavy (non-hydrogen) atoms. The van der Waals surface area contributed by atoms with Crippen LogP contribution < -0.4 is 5.32 Å². The smallest absolute Gasteiger partial charge is 0.226 e. The average molecular weight is 155 g/mol. The van der Waals surface area contributed by atoms with Gasteiger partial charge in [0.2, 0.25) is 11.8 Å². The van der Waals surface area contributed by atoms with E-state index in [2.05, 4.69) is 11.9 Å². The third kappa shape index (κ3) is 5.33. The van der Waals surface area contributed by atoms with Crippen molar-refractivity contribution in [3.8, 4) is 0 Å². The summed E-state index contributed by atoms with van der Waals surface area (Å²) in [4.78, 5) is 20.7. The van der Waals surface area contributed by atoms with Crippen LogP contribution in [0.4, 0.5) is 0 Å². The summed E-state index contributed by atoms with van der Waals surface area (Å²) in [5.41, 5.74) is 0. The highest BCUT2D eigenvalue weighted by Crippen LogP contribution is 2.00. The lowest BCUT2D eigenvalue weighted by atomic mass is 10.1. The van der Waals surface area contributed by atoms with Gasteiger partial charge in [-0.3, -0.25) is 14.9 Å². The molecule has 0 bridgehead atoms. The van der Waals surface area contributed by atoms with Gasteiger partial charge in [0.1, 0.15) is 0 Å². The van der Waals surface area contributed by atoms with Crippen molar-refractivity contribution in [3.05, 3.63) is 12.7 Å². The van der Waals surface area contributed by atoms with Gasteiger partial charge in [0.15, 0.2) is 0 Å². The SMILES string of the molecule is C=CC.O=C1CCCC(=O)N1. The lowest BCUT2D eigenvalue weighted by Gasteiger charge is -2.07. The van der Waals surface area contributed by atoms with Gasteiger partial charge in [-0.05, 0) is 13.3 Å². The van der Waals surface area contributed by atoms with Gasteiger partial charge < -0.3 is 0 Å². The van der Waals surface area contributed by atoms with E-state index in [4.69, 9.17) is 0 Å². The van der Waals surface area contributed by atoms with Crippen LogP contribution in [0.2, 0.25) is 0 Å². The van der Waals surface area contributed by atoms with Gasteiger partial charge in [-0.15, -0.1) is 6.58 Å². The van der Waals surface area contributed by atoms with Crippen molar-refractivity contribution < 1.29 is 9.59 Å². The predicted molar refractivity (Wildman–Crippen MR) is 42.9 cm³/mol. The third-order valence-electron chi connectivity index (χ3n) is 1.09. The number of hydrogen-bond donors (Lipinski definition) is 1. The Morgan fingerprint density at radius 2 is 1.73 bits per heavy atom. The summed E-state index contributed by atoms with van der Waals surface area (Å²) >= 11 is 0. The van der Waals surface area contributed by atoms with Gasteiger partial charge in [-0.2, -0.15) is 0 Å². The van der Waals surface area contributed by atoms with E-state index in [0.29, 0.717) is 19.3 Å². The minimum Gasteiger partial charge on any atom is -0.296 e. The van der Waals surface area contributed by atoms with Crippen molar-refractivity contribution in [3.63, 3.8) is 0 Å². The summed E-state index contributed by atoms with van der Waals surface area (Å²) < 4.78 is 0. The molecule has 0 aromatic carbocycles. The molecule has 2 amide bonds. The Balaban J connectivity index is 0.000000292. The molecule has 0 atom stereocenters. The van der Waals surface area contributed by atoms with E-state index in [0.717, 1.165) is 0 Å². The number of allylic oxidation sites excluding steroid dienone is 1. The summed E-state index contributed by atoms with van der Waals surface area (Å²) in [5, 5.41) is 2.20. The van der Waals surface area contributed by atoms with E-state index in [-0.39, 0.29) is 11.8 Å². The summed E-state index contributed by atoms with van der Waals surface area (Å²) in [7, 11) is 0. The Hall–Kier alpha value is -1.12. The molecule has 1 aliphatic rings. The largest absolute Gasteiger partial charge is 0.296 e. The van der Waals surface area contributed by atoms with E-state index in [9.17, 15) is 9.59 Å². The molecule has 0 radical (unpaired) electrons. The molecule has 0 spiro atoms. The lowest BCUT2D eigenvalue weighted by Crippen LogP contribution is -2.33. The Morgan fingerprint density at radius 1 is 1.36 bits per heavy atom. The topological polar surface area (TPSA) is 46.2 Å². The fraction of sp³-hybridized carbons (Fsp3) is 0.500. The van der Waals surface area contributed by atoms with Crippen molar-refractivity contribution in [2.24, 2.45) is 0 Å². The van der Waals surface area contributed by atoms with E-state index in [1.165, 1.54) is 0 Å². The number of amides is 2. The molecule has 0 aromatic heterocycles. The van der Waals surface area contributed by atoms with Crippen molar-refractivity contribution in [1.82, 2.24) is 5.32 Å². The maximum atomic E-state index is 10.3. The summed E-state index contributed by atoms with van der Waals surface area (Å²) in [6.45, 7) is 5.25. The normalized spacial score (nSPS) is 16.1. The first kappa shape index (κ1) is 9.88. The van der Waals surface area contributed by atoms with E-state index in [1.807, 2.05) is 6.92 Å². The highest BCUT2D eigenvalue weighted by atomic mass is 16.2. The number of rotatable bonds is 0. The summed E-state index contributed by atoms with van der Waals surface area (Å²) in [5.74, 6) is -0.275. The van der Waals surface area contributed by atoms with Gasteiger partial charge in [0, 0.05) is 12.8 Å². The van der Waals surface area contributed by atoms with Gasteiger partial charge >= 0.3 is 0 Å². The maximum absolute atomic E-state index is 10.3. The molecular weight excluding hydrogens is 142 g/mol. The Bertz CT molecular complexity index is 149. The molecule has 1 aliphatic heterocycles. The van der Waals surface area contributed by atoms with Gasteiger partial charge in [0.25, 0.3) is 0 Å². The Morgan fingerprint density at radius 3 is 1.91 bits per heavy atom. The van der Waals surface area contributed by atoms with Gasteiger partial charge in [0.05, 0.1) is 0 Å². The van der Waals surface area contributed by atoms with Crippen molar-refractivity contribution in [2.75, 3.05) is 0 Å². The zero-order chi connectivity index (χ0) is 8.69. The van der Waals surface area contributed by atoms with Crippen LogP contribution in [0.5, 0.6) is 0 Å². The number of carbonyl (C=O) groups is 2. The molecule has 1 fully saturated rings. The molecule has 3 nitrogen and oxygen atoms in total. The molecule has 0 aromatic rings. The zero-order valence-corrected chi connectivity index (χ0v) is 6.72. The molecule has 62 valence electrons. The van der Waals surface area contributed by atoms with Crippen LogP contribution in [-0.2, 0) is 9.59 Å². The first-order valence-corrected chi connectivity index (χ1v) is 3.60. The van der Waals surface area contributed by atoms with Crippen LogP contribution in [0.15, 0.2) is 12.7 Å². The van der Waals surface area contributed by atoms with Crippen LogP contribution in [0, 0.1) is 0 Å². The lowest BCUT2D eigenvalue weighted by molar-refractivity contribution is -0.132. The number of imide groups is 1. The van der Waals surface area contributed by atoms with Crippen LogP contribution in [-0.4, -0.2) is 11.8 Å². The van der Waals surface area contributed by atoms with Crippen molar-refractivity contribution in [1.29, 1.82) is 0 Å². The van der Waals surface area contributed by atoms with Gasteiger partial charge in [-0.1, -0.05) is 6.08 Å². The zero-order valence-electron chi connectivity index (χ0n) is 6.72. The molecular formula is C8H13NO2. The van der Waals surface area contributed by atoms with E-state index >= 15 is 0 Å². The summed E-state index contributed by atoms with van der Waals surface area (Å²) in [6.07, 6.45) is 3.47. The molecule has 1 N–H and O–H groups in total. The fourth-order valence-corrected chi connectivity index (χ4v) is 0.690. The second kappa shape index (κ2) is 5.65. The van der Waals surface area contributed by atoms with Gasteiger partial charge in [-0.25, -0.2) is 0 Å². The maximum Gasteiger partial charge on any atom is 0.226 e. The highest BCUT2D eigenvalue weighted by molar-refractivity contribution is 5.97. The van der Waals surface area contributed by atoms with Crippen LogP contribution in [0.1, 0.15) is 26.2 Å². The van der Waals surface area contributed by atoms with E-state index in [1.54, 1.807) is 6.08 Å².